The second-order valence-corrected chi connectivity index (χ2v) is 4.78. The number of anilines is 1. The molecule has 1 atom stereocenters. The van der Waals surface area contributed by atoms with Crippen LogP contribution in [0.15, 0.2) is 18.5 Å². The fraction of sp³-hybridized carbons (Fsp3) is 0.600. The van der Waals surface area contributed by atoms with Gasteiger partial charge in [-0.2, -0.15) is 0 Å². The lowest BCUT2D eigenvalue weighted by molar-refractivity contribution is -0.120. The molecule has 1 aromatic heterocycles. The number of unbranched alkanes of at least 4 members (excludes halogenated alkanes) is 2. The lowest BCUT2D eigenvalue weighted by atomic mass is 9.97. The van der Waals surface area contributed by atoms with Crippen molar-refractivity contribution >= 4 is 11.6 Å². The van der Waals surface area contributed by atoms with Crippen LogP contribution in [0.1, 0.15) is 51.5 Å². The third kappa shape index (κ3) is 4.99. The fourth-order valence-electron chi connectivity index (χ4n) is 2.07. The molecule has 1 aromatic rings. The standard InChI is InChI=1S/C15H24N2O2/c1-3-5-6-7-12(4-2)15(19)17-14-10-16-9-8-13(14)11-18/h8-10,12,18H,3-7,11H2,1-2H3,(H,17,19). The second-order valence-electron chi connectivity index (χ2n) is 4.78. The third-order valence-corrected chi connectivity index (χ3v) is 3.36. The van der Waals surface area contributed by atoms with Gasteiger partial charge in [0.25, 0.3) is 0 Å². The molecule has 0 aromatic carbocycles. The molecule has 1 unspecified atom stereocenters. The molecular weight excluding hydrogens is 240 g/mol. The van der Waals surface area contributed by atoms with Crippen LogP contribution in [-0.4, -0.2) is 16.0 Å². The number of nitrogens with zero attached hydrogens (tertiary/aromatic N) is 1. The number of rotatable bonds is 8. The summed E-state index contributed by atoms with van der Waals surface area (Å²) in [5, 5.41) is 12.1. The maximum Gasteiger partial charge on any atom is 0.227 e. The summed E-state index contributed by atoms with van der Waals surface area (Å²) in [6.07, 6.45) is 8.37. The molecule has 0 spiro atoms. The minimum atomic E-state index is -0.0925. The molecule has 4 nitrogen and oxygen atoms in total. The minimum Gasteiger partial charge on any atom is -0.392 e. The van der Waals surface area contributed by atoms with Gasteiger partial charge in [-0.1, -0.05) is 33.1 Å². The Labute approximate surface area is 115 Å². The van der Waals surface area contributed by atoms with Crippen LogP contribution in [0.5, 0.6) is 0 Å². The minimum absolute atomic E-state index is 0.0290. The Morgan fingerprint density at radius 3 is 2.84 bits per heavy atom. The maximum atomic E-state index is 12.2. The number of amides is 1. The van der Waals surface area contributed by atoms with Crippen LogP contribution in [0, 0.1) is 5.92 Å². The van der Waals surface area contributed by atoms with Crippen molar-refractivity contribution in [1.29, 1.82) is 0 Å². The zero-order valence-electron chi connectivity index (χ0n) is 11.9. The summed E-state index contributed by atoms with van der Waals surface area (Å²) in [5.74, 6) is 0.0691. The number of hydrogen-bond donors (Lipinski definition) is 2. The van der Waals surface area contributed by atoms with Crippen molar-refractivity contribution in [3.8, 4) is 0 Å². The largest absolute Gasteiger partial charge is 0.392 e. The predicted molar refractivity (Wildman–Crippen MR) is 76.7 cm³/mol. The highest BCUT2D eigenvalue weighted by atomic mass is 16.3. The Kier molecular flexibility index (Phi) is 7.11. The molecule has 2 N–H and O–H groups in total. The molecule has 4 heteroatoms. The van der Waals surface area contributed by atoms with Crippen molar-refractivity contribution in [2.24, 2.45) is 5.92 Å². The van der Waals surface area contributed by atoms with Gasteiger partial charge in [0.05, 0.1) is 18.5 Å². The Bertz CT molecular complexity index is 393. The SMILES string of the molecule is CCCCCC(CC)C(=O)Nc1cnccc1CO. The van der Waals surface area contributed by atoms with Gasteiger partial charge in [-0.05, 0) is 18.9 Å². The highest BCUT2D eigenvalue weighted by Crippen LogP contribution is 2.18. The lowest BCUT2D eigenvalue weighted by Gasteiger charge is -2.16. The first kappa shape index (κ1) is 15.6. The zero-order chi connectivity index (χ0) is 14.1. The van der Waals surface area contributed by atoms with E-state index in [4.69, 9.17) is 0 Å². The molecule has 1 heterocycles. The van der Waals surface area contributed by atoms with Crippen molar-refractivity contribution in [2.75, 3.05) is 5.32 Å². The van der Waals surface area contributed by atoms with Crippen molar-refractivity contribution < 1.29 is 9.90 Å². The highest BCUT2D eigenvalue weighted by molar-refractivity contribution is 5.93. The van der Waals surface area contributed by atoms with Gasteiger partial charge in [0, 0.05) is 17.7 Å². The number of nitrogens with one attached hydrogen (secondary N) is 1. The van der Waals surface area contributed by atoms with E-state index in [2.05, 4.69) is 17.2 Å². The number of carbonyl (C=O) groups excluding carboxylic acids is 1. The van der Waals surface area contributed by atoms with Crippen molar-refractivity contribution in [3.63, 3.8) is 0 Å². The van der Waals surface area contributed by atoms with Crippen molar-refractivity contribution in [1.82, 2.24) is 4.98 Å². The summed E-state index contributed by atoms with van der Waals surface area (Å²) < 4.78 is 0. The Morgan fingerprint density at radius 1 is 1.42 bits per heavy atom. The Morgan fingerprint density at radius 2 is 2.21 bits per heavy atom. The van der Waals surface area contributed by atoms with E-state index in [1.165, 1.54) is 6.42 Å². The highest BCUT2D eigenvalue weighted by Gasteiger charge is 2.17. The summed E-state index contributed by atoms with van der Waals surface area (Å²) in [7, 11) is 0. The van der Waals surface area contributed by atoms with Gasteiger partial charge < -0.3 is 10.4 Å². The van der Waals surface area contributed by atoms with Gasteiger partial charge in [0.1, 0.15) is 0 Å². The molecule has 19 heavy (non-hydrogen) atoms. The normalized spacial score (nSPS) is 12.2. The van der Waals surface area contributed by atoms with Crippen LogP contribution >= 0.6 is 0 Å². The smallest absolute Gasteiger partial charge is 0.227 e. The molecule has 0 aliphatic rings. The monoisotopic (exact) mass is 264 g/mol. The molecule has 0 radical (unpaired) electrons. The van der Waals surface area contributed by atoms with Crippen molar-refractivity contribution in [2.45, 2.75) is 52.6 Å². The third-order valence-electron chi connectivity index (χ3n) is 3.36. The molecule has 0 saturated heterocycles. The van der Waals surface area contributed by atoms with E-state index in [0.29, 0.717) is 11.3 Å². The summed E-state index contributed by atoms with van der Waals surface area (Å²) in [5.41, 5.74) is 1.32. The van der Waals surface area contributed by atoms with Crippen molar-refractivity contribution in [3.05, 3.63) is 24.0 Å². The Hall–Kier alpha value is -1.42. The van der Waals surface area contributed by atoms with Crippen LogP contribution in [0.25, 0.3) is 0 Å². The second kappa shape index (κ2) is 8.64. The summed E-state index contributed by atoms with van der Waals surface area (Å²) in [6, 6.07) is 1.72. The molecule has 106 valence electrons. The zero-order valence-corrected chi connectivity index (χ0v) is 11.9. The number of aliphatic hydroxyl groups is 1. The molecule has 0 saturated carbocycles. The average molecular weight is 264 g/mol. The topological polar surface area (TPSA) is 62.2 Å². The summed E-state index contributed by atoms with van der Waals surface area (Å²) in [6.45, 7) is 4.10. The number of carbonyl (C=O) groups is 1. The van der Waals surface area contributed by atoms with E-state index in [9.17, 15) is 9.90 Å². The van der Waals surface area contributed by atoms with E-state index >= 15 is 0 Å². The van der Waals surface area contributed by atoms with Gasteiger partial charge in [0.15, 0.2) is 0 Å². The molecule has 1 amide bonds. The number of aromatic nitrogens is 1. The number of hydrogen-bond acceptors (Lipinski definition) is 3. The lowest BCUT2D eigenvalue weighted by Crippen LogP contribution is -2.23. The van der Waals surface area contributed by atoms with Gasteiger partial charge in [0.2, 0.25) is 5.91 Å². The molecule has 1 rings (SSSR count). The first-order valence-electron chi connectivity index (χ1n) is 7.07. The van der Waals surface area contributed by atoms with Gasteiger partial charge >= 0.3 is 0 Å². The summed E-state index contributed by atoms with van der Waals surface area (Å²) in [4.78, 5) is 16.2. The molecule has 0 aliphatic carbocycles. The van der Waals surface area contributed by atoms with E-state index in [1.54, 1.807) is 18.5 Å². The predicted octanol–water partition coefficient (Wildman–Crippen LogP) is 3.12. The average Bonchev–Trinajstić information content (AvgIpc) is 2.44. The van der Waals surface area contributed by atoms with E-state index in [0.717, 1.165) is 25.7 Å². The van der Waals surface area contributed by atoms with E-state index in [-0.39, 0.29) is 18.4 Å². The first-order chi connectivity index (χ1) is 9.22. The molecule has 0 bridgehead atoms. The van der Waals surface area contributed by atoms with E-state index < -0.39 is 0 Å². The van der Waals surface area contributed by atoms with Crippen LogP contribution in [0.3, 0.4) is 0 Å². The van der Waals surface area contributed by atoms with Crippen LogP contribution < -0.4 is 5.32 Å². The van der Waals surface area contributed by atoms with Gasteiger partial charge in [-0.25, -0.2) is 0 Å². The molecule has 0 fully saturated rings. The molecular formula is C15H24N2O2. The van der Waals surface area contributed by atoms with Crippen LogP contribution in [-0.2, 0) is 11.4 Å². The van der Waals surface area contributed by atoms with Crippen LogP contribution in [0.4, 0.5) is 5.69 Å². The molecule has 0 aliphatic heterocycles. The number of aliphatic hydroxyl groups excluding tert-OH is 1. The van der Waals surface area contributed by atoms with Crippen LogP contribution in [0.2, 0.25) is 0 Å². The summed E-state index contributed by atoms with van der Waals surface area (Å²) >= 11 is 0. The van der Waals surface area contributed by atoms with Gasteiger partial charge in [-0.3, -0.25) is 9.78 Å². The van der Waals surface area contributed by atoms with E-state index in [1.807, 2.05) is 6.92 Å². The first-order valence-corrected chi connectivity index (χ1v) is 7.07. The fourth-order valence-corrected chi connectivity index (χ4v) is 2.07. The Balaban J connectivity index is 2.60. The quantitative estimate of drug-likeness (QED) is 0.709. The number of pyridine rings is 1. The maximum absolute atomic E-state index is 12.2. The van der Waals surface area contributed by atoms with Gasteiger partial charge in [-0.15, -0.1) is 0 Å².